The van der Waals surface area contributed by atoms with Gasteiger partial charge in [0.1, 0.15) is 0 Å². The zero-order valence-corrected chi connectivity index (χ0v) is 16.5. The highest BCUT2D eigenvalue weighted by atomic mass is 35.5. The molecule has 1 aromatic carbocycles. The summed E-state index contributed by atoms with van der Waals surface area (Å²) in [5.74, 6) is 1.08. The Kier molecular flexibility index (Phi) is 6.09. The van der Waals surface area contributed by atoms with E-state index in [0.717, 1.165) is 30.2 Å². The summed E-state index contributed by atoms with van der Waals surface area (Å²) in [5, 5.41) is 10.6. The van der Waals surface area contributed by atoms with Crippen LogP contribution in [0.1, 0.15) is 17.8 Å². The van der Waals surface area contributed by atoms with Crippen molar-refractivity contribution in [2.75, 3.05) is 32.0 Å². The van der Waals surface area contributed by atoms with Crippen molar-refractivity contribution in [1.29, 1.82) is 0 Å². The average molecular weight is 416 g/mol. The van der Waals surface area contributed by atoms with E-state index in [9.17, 15) is 4.79 Å². The summed E-state index contributed by atoms with van der Waals surface area (Å²) in [6, 6.07) is 5.59. The minimum atomic E-state index is -0.302. The van der Waals surface area contributed by atoms with Crippen LogP contribution in [-0.4, -0.2) is 52.9 Å². The molecule has 0 bridgehead atoms. The number of carbonyl (C=O) groups excluding carboxylic acids is 1. The maximum Gasteiger partial charge on any atom is 0.238 e. The van der Waals surface area contributed by atoms with E-state index in [1.807, 2.05) is 19.2 Å². The molecular weight excluding hydrogens is 397 g/mol. The van der Waals surface area contributed by atoms with Gasteiger partial charge < -0.3 is 15.2 Å². The number of thioether (sulfide) groups is 1. The summed E-state index contributed by atoms with van der Waals surface area (Å²) < 4.78 is 5.39. The summed E-state index contributed by atoms with van der Waals surface area (Å²) in [6.07, 6.45) is 0.398. The fraction of sp³-hybridized carbons (Fsp3) is 0.438. The van der Waals surface area contributed by atoms with Crippen LogP contribution in [0.4, 0.5) is 5.69 Å². The van der Waals surface area contributed by atoms with E-state index >= 15 is 0 Å². The molecule has 2 N–H and O–H groups in total. The van der Waals surface area contributed by atoms with Crippen LogP contribution in [0.5, 0.6) is 0 Å². The molecule has 1 aromatic heterocycles. The monoisotopic (exact) mass is 415 g/mol. The first-order valence-corrected chi connectivity index (χ1v) is 9.36. The predicted octanol–water partition coefficient (Wildman–Crippen LogP) is 2.38. The molecule has 26 heavy (non-hydrogen) atoms. The molecule has 1 fully saturated rings. The molecular formula is C16H19Cl2N5O2S. The lowest BCUT2D eigenvalue weighted by molar-refractivity contribution is -0.115. The van der Waals surface area contributed by atoms with Gasteiger partial charge in [-0.25, -0.2) is 0 Å². The number of piperazine rings is 1. The fourth-order valence-corrected chi connectivity index (χ4v) is 4.25. The number of benzene rings is 1. The van der Waals surface area contributed by atoms with Crippen molar-refractivity contribution in [3.63, 3.8) is 0 Å². The van der Waals surface area contributed by atoms with Gasteiger partial charge in [0, 0.05) is 36.0 Å². The van der Waals surface area contributed by atoms with Crippen molar-refractivity contribution in [2.24, 2.45) is 0 Å². The highest BCUT2D eigenvalue weighted by Crippen LogP contribution is 2.38. The number of rotatable bonds is 3. The Balaban J connectivity index is 0.00000196. The van der Waals surface area contributed by atoms with E-state index in [-0.39, 0.29) is 29.6 Å². The van der Waals surface area contributed by atoms with Gasteiger partial charge in [0.15, 0.2) is 5.82 Å². The number of hydrogen-bond acceptors (Lipinski definition) is 7. The predicted molar refractivity (Wildman–Crippen MR) is 103 cm³/mol. The second kappa shape index (κ2) is 8.14. The van der Waals surface area contributed by atoms with E-state index < -0.39 is 0 Å². The number of halogens is 2. The Morgan fingerprint density at radius 1 is 1.46 bits per heavy atom. The smallest absolute Gasteiger partial charge is 0.238 e. The zero-order chi connectivity index (χ0) is 17.4. The number of likely N-dealkylation sites (N-methyl/N-ethyl adjacent to an activating group) is 1. The molecule has 3 heterocycles. The van der Waals surface area contributed by atoms with Crippen LogP contribution < -0.4 is 10.6 Å². The number of fused-ring (bicyclic) bond motifs is 1. The Morgan fingerprint density at radius 2 is 2.31 bits per heavy atom. The van der Waals surface area contributed by atoms with Gasteiger partial charge in [-0.2, -0.15) is 4.98 Å². The normalized spacial score (nSPS) is 23.1. The Hall–Kier alpha value is -1.32. The molecule has 0 aliphatic carbocycles. The third kappa shape index (κ3) is 3.99. The molecule has 0 saturated carbocycles. The third-order valence-corrected chi connectivity index (χ3v) is 5.92. The van der Waals surface area contributed by atoms with Gasteiger partial charge in [0.25, 0.3) is 0 Å². The maximum atomic E-state index is 12.4. The largest absolute Gasteiger partial charge is 0.339 e. The van der Waals surface area contributed by atoms with Gasteiger partial charge in [0.2, 0.25) is 11.8 Å². The van der Waals surface area contributed by atoms with Crippen molar-refractivity contribution in [3.8, 4) is 0 Å². The van der Waals surface area contributed by atoms with Gasteiger partial charge in [-0.1, -0.05) is 16.8 Å². The highest BCUT2D eigenvalue weighted by Gasteiger charge is 2.30. The first-order valence-electron chi connectivity index (χ1n) is 8.10. The Bertz CT molecular complexity index is 803. The van der Waals surface area contributed by atoms with E-state index in [2.05, 4.69) is 25.7 Å². The highest BCUT2D eigenvalue weighted by molar-refractivity contribution is 8.01. The summed E-state index contributed by atoms with van der Waals surface area (Å²) in [6.45, 7) is 2.69. The number of hydrogen-bond donors (Lipinski definition) is 2. The minimum absolute atomic E-state index is 0. The maximum absolute atomic E-state index is 12.4. The summed E-state index contributed by atoms with van der Waals surface area (Å²) in [5.41, 5.74) is 0.750. The molecule has 4 rings (SSSR count). The van der Waals surface area contributed by atoms with Gasteiger partial charge >= 0.3 is 0 Å². The van der Waals surface area contributed by atoms with Gasteiger partial charge in [-0.15, -0.1) is 24.2 Å². The molecule has 140 valence electrons. The first kappa shape index (κ1) is 19.4. The number of anilines is 1. The number of amides is 1. The molecule has 10 heteroatoms. The van der Waals surface area contributed by atoms with E-state index in [1.165, 1.54) is 11.8 Å². The fourth-order valence-electron chi connectivity index (χ4n) is 3.00. The summed E-state index contributed by atoms with van der Waals surface area (Å²) >= 11 is 7.47. The zero-order valence-electron chi connectivity index (χ0n) is 14.1. The number of nitrogens with zero attached hydrogens (tertiary/aromatic N) is 3. The summed E-state index contributed by atoms with van der Waals surface area (Å²) in [7, 11) is 2.05. The van der Waals surface area contributed by atoms with Gasteiger partial charge in [0.05, 0.1) is 17.0 Å². The van der Waals surface area contributed by atoms with E-state index in [4.69, 9.17) is 16.1 Å². The van der Waals surface area contributed by atoms with Crippen LogP contribution in [0.25, 0.3) is 0 Å². The van der Waals surface area contributed by atoms with Crippen LogP contribution in [0.2, 0.25) is 5.02 Å². The molecule has 2 unspecified atom stereocenters. The Morgan fingerprint density at radius 3 is 3.12 bits per heavy atom. The molecule has 0 radical (unpaired) electrons. The second-order valence-electron chi connectivity index (χ2n) is 6.19. The van der Waals surface area contributed by atoms with Crippen molar-refractivity contribution in [1.82, 2.24) is 20.4 Å². The molecule has 2 aliphatic rings. The van der Waals surface area contributed by atoms with E-state index in [1.54, 1.807) is 6.07 Å². The first-order chi connectivity index (χ1) is 12.1. The van der Waals surface area contributed by atoms with Crippen molar-refractivity contribution in [2.45, 2.75) is 22.6 Å². The molecule has 1 amide bonds. The molecule has 2 aromatic rings. The SMILES string of the molecule is CN1CCNCC1c1noc(CC2Sc3ccc(Cl)cc3NC2=O)n1.Cl. The van der Waals surface area contributed by atoms with Crippen LogP contribution in [0, 0.1) is 0 Å². The van der Waals surface area contributed by atoms with Crippen LogP contribution in [0.15, 0.2) is 27.6 Å². The quantitative estimate of drug-likeness (QED) is 0.795. The van der Waals surface area contributed by atoms with Crippen LogP contribution in [-0.2, 0) is 11.2 Å². The lowest BCUT2D eigenvalue weighted by atomic mass is 10.2. The standard InChI is InChI=1S/C16H18ClN5O2S.ClH/c1-22-5-4-18-8-11(22)15-20-14(24-21-15)7-13-16(23)19-10-6-9(17)2-3-12(10)25-13;/h2-3,6,11,13,18H,4-5,7-8H2,1H3,(H,19,23);1H. The van der Waals surface area contributed by atoms with Gasteiger partial charge in [-0.05, 0) is 25.2 Å². The molecule has 2 aliphatic heterocycles. The average Bonchev–Trinajstić information content (AvgIpc) is 3.04. The topological polar surface area (TPSA) is 83.3 Å². The molecule has 0 spiro atoms. The molecule has 2 atom stereocenters. The van der Waals surface area contributed by atoms with Crippen molar-refractivity contribution < 1.29 is 9.32 Å². The lowest BCUT2D eigenvalue weighted by Gasteiger charge is -2.30. The Labute approximate surface area is 166 Å². The number of aromatic nitrogens is 2. The third-order valence-electron chi connectivity index (χ3n) is 4.41. The lowest BCUT2D eigenvalue weighted by Crippen LogP contribution is -2.44. The van der Waals surface area contributed by atoms with Crippen molar-refractivity contribution in [3.05, 3.63) is 34.9 Å². The van der Waals surface area contributed by atoms with Crippen molar-refractivity contribution >= 4 is 47.4 Å². The van der Waals surface area contributed by atoms with Crippen LogP contribution >= 0.6 is 35.8 Å². The second-order valence-corrected chi connectivity index (χ2v) is 7.87. The minimum Gasteiger partial charge on any atom is -0.339 e. The molecule has 1 saturated heterocycles. The summed E-state index contributed by atoms with van der Waals surface area (Å²) in [4.78, 5) is 20.1. The molecule has 7 nitrogen and oxygen atoms in total. The number of nitrogens with one attached hydrogen (secondary N) is 2. The number of carbonyl (C=O) groups is 1. The van der Waals surface area contributed by atoms with E-state index in [0.29, 0.717) is 23.2 Å². The van der Waals surface area contributed by atoms with Gasteiger partial charge in [-0.3, -0.25) is 9.69 Å². The van der Waals surface area contributed by atoms with Crippen LogP contribution in [0.3, 0.4) is 0 Å².